The summed E-state index contributed by atoms with van der Waals surface area (Å²) in [6.07, 6.45) is -1.05. The first-order chi connectivity index (χ1) is 8.49. The molecule has 2 aromatic heterocycles. The molecule has 0 N–H and O–H groups in total. The summed E-state index contributed by atoms with van der Waals surface area (Å²) in [4.78, 5) is 3.90. The first kappa shape index (κ1) is 12.5. The lowest BCUT2D eigenvalue weighted by molar-refractivity contribution is -0.141. The highest BCUT2D eigenvalue weighted by atomic mass is 19.4. The van der Waals surface area contributed by atoms with E-state index in [-0.39, 0.29) is 12.4 Å². The van der Waals surface area contributed by atoms with E-state index in [9.17, 15) is 13.2 Å². The summed E-state index contributed by atoms with van der Waals surface area (Å²) in [5, 5.41) is 11.0. The van der Waals surface area contributed by atoms with Crippen molar-refractivity contribution >= 4 is 0 Å². The van der Waals surface area contributed by atoms with Crippen LogP contribution >= 0.6 is 0 Å². The topological polar surface area (TPSA) is 61.4 Å². The molecule has 0 unspecified atom stereocenters. The summed E-state index contributed by atoms with van der Waals surface area (Å²) in [6.45, 7) is 0.926. The summed E-state index contributed by atoms with van der Waals surface area (Å²) in [5.41, 5.74) is 0. The minimum Gasteiger partial charge on any atom is -0.324 e. The molecule has 2 rings (SSSR count). The van der Waals surface area contributed by atoms with Crippen molar-refractivity contribution in [3.63, 3.8) is 0 Å². The number of rotatable bonds is 4. The van der Waals surface area contributed by atoms with Crippen LogP contribution in [0.2, 0.25) is 0 Å². The molecule has 0 bridgehead atoms. The first-order valence-electron chi connectivity index (χ1n) is 5.31. The third kappa shape index (κ3) is 2.84. The summed E-state index contributed by atoms with van der Waals surface area (Å²) in [6, 6.07) is 0. The number of imidazole rings is 1. The summed E-state index contributed by atoms with van der Waals surface area (Å²) in [7, 11) is 0. The number of aromatic nitrogens is 6. The van der Waals surface area contributed by atoms with Crippen molar-refractivity contribution < 1.29 is 13.2 Å². The van der Waals surface area contributed by atoms with Crippen LogP contribution in [-0.4, -0.2) is 35.9 Å². The van der Waals surface area contributed by atoms with Gasteiger partial charge in [-0.3, -0.25) is 0 Å². The van der Waals surface area contributed by atoms with Gasteiger partial charge < -0.3 is 4.57 Å². The highest BCUT2D eigenvalue weighted by Gasteiger charge is 2.28. The number of tetrazole rings is 1. The lowest BCUT2D eigenvalue weighted by Crippen LogP contribution is -2.20. The van der Waals surface area contributed by atoms with E-state index in [4.69, 9.17) is 0 Å². The van der Waals surface area contributed by atoms with Crippen LogP contribution in [-0.2, 0) is 19.5 Å². The minimum atomic E-state index is -4.27. The third-order valence-electron chi connectivity index (χ3n) is 2.36. The van der Waals surface area contributed by atoms with Crippen molar-refractivity contribution in [1.82, 2.24) is 29.8 Å². The molecule has 18 heavy (non-hydrogen) atoms. The Bertz CT molecular complexity index is 514. The van der Waals surface area contributed by atoms with Gasteiger partial charge >= 0.3 is 6.18 Å². The molecule has 9 heteroatoms. The van der Waals surface area contributed by atoms with Crippen molar-refractivity contribution in [2.24, 2.45) is 0 Å². The van der Waals surface area contributed by atoms with Crippen molar-refractivity contribution in [3.05, 3.63) is 24.0 Å². The maximum atomic E-state index is 12.3. The summed E-state index contributed by atoms with van der Waals surface area (Å²) >= 11 is 0. The van der Waals surface area contributed by atoms with Crippen LogP contribution in [0.4, 0.5) is 13.2 Å². The summed E-state index contributed by atoms with van der Waals surface area (Å²) in [5.74, 6) is 0.880. The Balaban J connectivity index is 2.17. The molecule has 0 radical (unpaired) electrons. The van der Waals surface area contributed by atoms with Gasteiger partial charge in [0.25, 0.3) is 0 Å². The standard InChI is InChI=1S/C9H11F3N6/c1-2-7-14-15-16-18(7)5-8-13-3-4-17(8)6-9(10,11)12/h3-4H,2,5-6H2,1H3. The molecule has 2 aromatic rings. The second-order valence-corrected chi connectivity index (χ2v) is 3.69. The normalized spacial score (nSPS) is 12.0. The molecule has 0 aliphatic rings. The molecule has 0 spiro atoms. The maximum Gasteiger partial charge on any atom is 0.406 e. The zero-order valence-electron chi connectivity index (χ0n) is 9.59. The van der Waals surface area contributed by atoms with Gasteiger partial charge in [-0.15, -0.1) is 5.10 Å². The van der Waals surface area contributed by atoms with Gasteiger partial charge in [0.2, 0.25) is 0 Å². The Hall–Kier alpha value is -1.93. The molecular formula is C9H11F3N6. The predicted molar refractivity (Wildman–Crippen MR) is 54.6 cm³/mol. The Morgan fingerprint density at radius 3 is 2.72 bits per heavy atom. The molecule has 98 valence electrons. The molecule has 2 heterocycles. The van der Waals surface area contributed by atoms with Gasteiger partial charge in [-0.05, 0) is 10.4 Å². The number of hydrogen-bond acceptors (Lipinski definition) is 4. The van der Waals surface area contributed by atoms with Crippen LogP contribution in [0, 0.1) is 0 Å². The monoisotopic (exact) mass is 260 g/mol. The Labute approximate surface area is 100 Å². The number of nitrogens with zero attached hydrogens (tertiary/aromatic N) is 6. The second kappa shape index (κ2) is 4.75. The number of hydrogen-bond donors (Lipinski definition) is 0. The fraction of sp³-hybridized carbons (Fsp3) is 0.556. The fourth-order valence-corrected chi connectivity index (χ4v) is 1.56. The quantitative estimate of drug-likeness (QED) is 0.824. The third-order valence-corrected chi connectivity index (χ3v) is 2.36. The van der Waals surface area contributed by atoms with Gasteiger partial charge in [-0.1, -0.05) is 6.92 Å². The van der Waals surface area contributed by atoms with Gasteiger partial charge in [0.05, 0.1) is 0 Å². The summed E-state index contributed by atoms with van der Waals surface area (Å²) < 4.78 is 39.5. The second-order valence-electron chi connectivity index (χ2n) is 3.69. The van der Waals surface area contributed by atoms with Crippen molar-refractivity contribution in [2.45, 2.75) is 32.6 Å². The molecule has 0 aliphatic carbocycles. The number of alkyl halides is 3. The van der Waals surface area contributed by atoms with Crippen LogP contribution in [0.15, 0.2) is 12.4 Å². The zero-order valence-corrected chi connectivity index (χ0v) is 9.59. The highest BCUT2D eigenvalue weighted by Crippen LogP contribution is 2.18. The SMILES string of the molecule is CCc1nnnn1Cc1nccn1CC(F)(F)F. The van der Waals surface area contributed by atoms with E-state index in [1.165, 1.54) is 17.1 Å². The van der Waals surface area contributed by atoms with Gasteiger partial charge in [0.1, 0.15) is 18.9 Å². The molecule has 0 amide bonds. The van der Waals surface area contributed by atoms with E-state index in [0.717, 1.165) is 4.57 Å². The highest BCUT2D eigenvalue weighted by molar-refractivity contribution is 4.95. The van der Waals surface area contributed by atoms with E-state index in [1.807, 2.05) is 6.92 Å². The Morgan fingerprint density at radius 1 is 1.28 bits per heavy atom. The first-order valence-corrected chi connectivity index (χ1v) is 5.31. The molecule has 0 saturated heterocycles. The van der Waals surface area contributed by atoms with Crippen LogP contribution < -0.4 is 0 Å². The average molecular weight is 260 g/mol. The molecule has 0 aromatic carbocycles. The molecule has 6 nitrogen and oxygen atoms in total. The Kier molecular flexibility index (Phi) is 3.30. The smallest absolute Gasteiger partial charge is 0.324 e. The van der Waals surface area contributed by atoms with E-state index >= 15 is 0 Å². The van der Waals surface area contributed by atoms with E-state index in [2.05, 4.69) is 20.5 Å². The van der Waals surface area contributed by atoms with Crippen LogP contribution in [0.3, 0.4) is 0 Å². The largest absolute Gasteiger partial charge is 0.406 e. The van der Waals surface area contributed by atoms with Crippen molar-refractivity contribution in [2.75, 3.05) is 0 Å². The number of halogens is 3. The van der Waals surface area contributed by atoms with Gasteiger partial charge in [0, 0.05) is 18.8 Å². The van der Waals surface area contributed by atoms with Gasteiger partial charge in [-0.25, -0.2) is 9.67 Å². The predicted octanol–water partition coefficient (Wildman–Crippen LogP) is 1.04. The van der Waals surface area contributed by atoms with E-state index in [0.29, 0.717) is 12.2 Å². The van der Waals surface area contributed by atoms with Gasteiger partial charge in [-0.2, -0.15) is 13.2 Å². The molecular weight excluding hydrogens is 249 g/mol. The maximum absolute atomic E-state index is 12.3. The van der Waals surface area contributed by atoms with E-state index < -0.39 is 12.7 Å². The lowest BCUT2D eigenvalue weighted by Gasteiger charge is -2.10. The van der Waals surface area contributed by atoms with Crippen LogP contribution in [0.1, 0.15) is 18.6 Å². The molecule has 0 fully saturated rings. The van der Waals surface area contributed by atoms with Crippen LogP contribution in [0.5, 0.6) is 0 Å². The average Bonchev–Trinajstić information content (AvgIpc) is 2.87. The fourth-order valence-electron chi connectivity index (χ4n) is 1.56. The van der Waals surface area contributed by atoms with E-state index in [1.54, 1.807) is 0 Å². The number of aryl methyl sites for hydroxylation is 1. The van der Waals surface area contributed by atoms with Crippen LogP contribution in [0.25, 0.3) is 0 Å². The molecule has 0 atom stereocenters. The lowest BCUT2D eigenvalue weighted by atomic mass is 10.4. The van der Waals surface area contributed by atoms with Crippen molar-refractivity contribution in [1.29, 1.82) is 0 Å². The molecule has 0 aliphatic heterocycles. The Morgan fingerprint density at radius 2 is 2.06 bits per heavy atom. The minimum absolute atomic E-state index is 0.124. The van der Waals surface area contributed by atoms with Gasteiger partial charge in [0.15, 0.2) is 5.82 Å². The molecule has 0 saturated carbocycles. The van der Waals surface area contributed by atoms with Crippen molar-refractivity contribution in [3.8, 4) is 0 Å². The zero-order chi connectivity index (χ0) is 13.2.